The minimum Gasteiger partial charge on any atom is -0.394 e. The first-order chi connectivity index (χ1) is 20.5. The Morgan fingerprint density at radius 1 is 1.07 bits per heavy atom. The van der Waals surface area contributed by atoms with Crippen molar-refractivity contribution in [3.63, 3.8) is 0 Å². The molecule has 6 rings (SSSR count). The largest absolute Gasteiger partial charge is 0.472 e. The molecule has 0 aromatic carbocycles. The molecule has 22 heteroatoms. The van der Waals surface area contributed by atoms with Gasteiger partial charge in [-0.15, -0.1) is 0 Å². The summed E-state index contributed by atoms with van der Waals surface area (Å²) >= 11 is 0. The van der Waals surface area contributed by atoms with Crippen LogP contribution in [0.3, 0.4) is 0 Å². The molecule has 6 heterocycles. The number of nitrogens with two attached hydrogens (primary N) is 2. The summed E-state index contributed by atoms with van der Waals surface area (Å²) < 4.78 is 58.1. The van der Waals surface area contributed by atoms with Crippen molar-refractivity contribution in [3.05, 3.63) is 29.3 Å². The van der Waals surface area contributed by atoms with Crippen LogP contribution in [0, 0.1) is 0 Å². The summed E-state index contributed by atoms with van der Waals surface area (Å²) in [7, 11) is -3.83. The Morgan fingerprint density at radius 3 is 2.49 bits per heavy atom. The van der Waals surface area contributed by atoms with E-state index in [9.17, 15) is 24.5 Å². The number of aromatic nitrogens is 8. The molecule has 0 spiro atoms. The number of nitrogens with one attached hydrogen (secondary N) is 1. The van der Waals surface area contributed by atoms with Crippen molar-refractivity contribution in [1.29, 1.82) is 0 Å². The van der Waals surface area contributed by atoms with Gasteiger partial charge in [-0.25, -0.2) is 28.9 Å². The maximum Gasteiger partial charge on any atom is 0.472 e. The molecule has 9 atom stereocenters. The number of aliphatic hydroxyl groups excluding tert-OH is 2. The number of H-pyrrole nitrogens is 1. The third-order valence-corrected chi connectivity index (χ3v) is 8.06. The Morgan fingerprint density at radius 2 is 1.77 bits per heavy atom. The molecular weight excluding hydrogens is 602 g/mol. The third-order valence-electron chi connectivity index (χ3n) is 7.07. The fourth-order valence-corrected chi connectivity index (χ4v) is 6.01. The van der Waals surface area contributed by atoms with E-state index >= 15 is 4.39 Å². The van der Waals surface area contributed by atoms with E-state index in [0.717, 1.165) is 10.9 Å². The molecule has 4 aromatic heterocycles. The molecule has 0 saturated carbocycles. The predicted molar refractivity (Wildman–Crippen MR) is 140 cm³/mol. The Bertz CT molecular complexity index is 1750. The van der Waals surface area contributed by atoms with Crippen LogP contribution in [0.4, 0.5) is 16.2 Å². The van der Waals surface area contributed by atoms with Gasteiger partial charge in [0.25, 0.3) is 5.56 Å². The molecule has 43 heavy (non-hydrogen) atoms. The molecule has 0 bridgehead atoms. The average Bonchev–Trinajstić information content (AvgIpc) is 3.72. The van der Waals surface area contributed by atoms with E-state index in [0.29, 0.717) is 0 Å². The highest BCUT2D eigenvalue weighted by molar-refractivity contribution is 7.47. The molecule has 2 aliphatic heterocycles. The van der Waals surface area contributed by atoms with Crippen LogP contribution in [0.5, 0.6) is 0 Å². The fourth-order valence-electron chi connectivity index (χ4n) is 5.08. The number of phosphoric acid groups is 1. The van der Waals surface area contributed by atoms with Gasteiger partial charge < -0.3 is 40.8 Å². The molecule has 232 valence electrons. The SMILES string of the molecule is COC1C(F)[C@H](n2cnc3c(N)ncnc32)O[C@@H]1COP(=O)(O)OC1C(O)[C@@H](CO)O[C@H]1n1cnc2c(=O)[nH]c(N)nc21. The summed E-state index contributed by atoms with van der Waals surface area (Å²) in [6, 6.07) is 0. The van der Waals surface area contributed by atoms with Crippen LogP contribution < -0.4 is 17.0 Å². The summed E-state index contributed by atoms with van der Waals surface area (Å²) in [4.78, 5) is 45.0. The van der Waals surface area contributed by atoms with Gasteiger partial charge in [-0.3, -0.25) is 28.0 Å². The van der Waals surface area contributed by atoms with Gasteiger partial charge in [-0.05, 0) is 0 Å². The van der Waals surface area contributed by atoms with E-state index in [1.807, 2.05) is 0 Å². The van der Waals surface area contributed by atoms with Crippen LogP contribution >= 0.6 is 7.82 Å². The van der Waals surface area contributed by atoms with E-state index in [1.54, 1.807) is 0 Å². The minimum absolute atomic E-state index is 0.0771. The van der Waals surface area contributed by atoms with Crippen molar-refractivity contribution in [2.75, 3.05) is 31.8 Å². The molecule has 2 saturated heterocycles. The van der Waals surface area contributed by atoms with Crippen molar-refractivity contribution in [2.24, 2.45) is 0 Å². The molecule has 2 aliphatic rings. The van der Waals surface area contributed by atoms with Gasteiger partial charge in [0.05, 0.1) is 25.9 Å². The van der Waals surface area contributed by atoms with E-state index in [2.05, 4.69) is 29.9 Å². The second-order valence-corrected chi connectivity index (χ2v) is 11.0. The van der Waals surface area contributed by atoms with Crippen LogP contribution in [-0.4, -0.2) is 111 Å². The van der Waals surface area contributed by atoms with Crippen molar-refractivity contribution < 1.29 is 47.3 Å². The summed E-state index contributed by atoms with van der Waals surface area (Å²) in [6.45, 7) is -1.38. The second-order valence-electron chi connectivity index (χ2n) is 9.64. The number of hydrogen-bond acceptors (Lipinski definition) is 16. The average molecular weight is 628 g/mol. The zero-order valence-corrected chi connectivity index (χ0v) is 23.0. The number of aliphatic hydroxyl groups is 2. The fraction of sp³-hybridized carbons (Fsp3) is 0.524. The number of alkyl halides is 1. The van der Waals surface area contributed by atoms with E-state index in [1.165, 1.54) is 24.3 Å². The first-order valence-electron chi connectivity index (χ1n) is 12.6. The highest BCUT2D eigenvalue weighted by Gasteiger charge is 2.51. The summed E-state index contributed by atoms with van der Waals surface area (Å²) in [5, 5.41) is 20.4. The van der Waals surface area contributed by atoms with Crippen LogP contribution in [-0.2, 0) is 27.8 Å². The number of anilines is 2. The molecule has 4 aromatic rings. The van der Waals surface area contributed by atoms with Crippen molar-refractivity contribution in [2.45, 2.75) is 49.1 Å². The Balaban J connectivity index is 1.20. The Hall–Kier alpha value is -3.66. The number of ether oxygens (including phenoxy) is 3. The zero-order valence-electron chi connectivity index (χ0n) is 22.1. The highest BCUT2D eigenvalue weighted by Crippen LogP contribution is 2.50. The lowest BCUT2D eigenvalue weighted by Gasteiger charge is -2.25. The number of methoxy groups -OCH3 is 1. The molecule has 2 fully saturated rings. The number of fused-ring (bicyclic) bond motifs is 2. The molecule has 0 radical (unpaired) electrons. The van der Waals surface area contributed by atoms with E-state index < -0.39 is 75.7 Å². The maximum atomic E-state index is 15.5. The van der Waals surface area contributed by atoms with Gasteiger partial charge in [0.15, 0.2) is 41.3 Å². The van der Waals surface area contributed by atoms with Crippen molar-refractivity contribution in [1.82, 2.24) is 39.0 Å². The standard InChI is InChI=1S/C21H26FN10O10P/c1-38-13-8(41-19(9(13)22)31-5-27-10-15(23)25-4-26-16(10)31)3-39-43(36,37)42-14-12(34)7(2-33)40-20(14)32-6-28-11-17(32)29-21(24)30-18(11)35/h4-9,12-14,19-20,33-34H,2-3H2,1H3,(H,36,37)(H2,23,25,26)(H3,24,29,30,35)/t7-,8-,9?,12?,13?,14?,19-,20-/m1/s1. The molecule has 0 aliphatic carbocycles. The Kier molecular flexibility index (Phi) is 7.61. The predicted octanol–water partition coefficient (Wildman–Crippen LogP) is -1.87. The molecule has 20 nitrogen and oxygen atoms in total. The smallest absolute Gasteiger partial charge is 0.394 e. The van der Waals surface area contributed by atoms with Gasteiger partial charge >= 0.3 is 7.82 Å². The molecule has 0 amide bonds. The third kappa shape index (κ3) is 5.13. The minimum atomic E-state index is -5.05. The lowest BCUT2D eigenvalue weighted by molar-refractivity contribution is -0.0631. The lowest BCUT2D eigenvalue weighted by Crippen LogP contribution is -2.36. The van der Waals surface area contributed by atoms with E-state index in [-0.39, 0.29) is 34.1 Å². The van der Waals surface area contributed by atoms with Crippen LogP contribution in [0.25, 0.3) is 22.3 Å². The van der Waals surface area contributed by atoms with Gasteiger partial charge in [0.2, 0.25) is 5.95 Å². The second kappa shape index (κ2) is 11.1. The number of halogens is 1. The highest BCUT2D eigenvalue weighted by atomic mass is 31.2. The van der Waals surface area contributed by atoms with Crippen LogP contribution in [0.1, 0.15) is 12.5 Å². The summed E-state index contributed by atoms with van der Waals surface area (Å²) in [5.74, 6) is -0.174. The first-order valence-corrected chi connectivity index (χ1v) is 14.1. The van der Waals surface area contributed by atoms with Crippen molar-refractivity contribution >= 4 is 41.9 Å². The normalized spacial score (nSPS) is 30.8. The van der Waals surface area contributed by atoms with Gasteiger partial charge in [-0.1, -0.05) is 0 Å². The Labute approximate surface area is 239 Å². The summed E-state index contributed by atoms with van der Waals surface area (Å²) in [6.07, 6.45) is -7.96. The monoisotopic (exact) mass is 628 g/mol. The van der Waals surface area contributed by atoms with Gasteiger partial charge in [0.1, 0.15) is 42.4 Å². The number of imidazole rings is 2. The number of nitrogens with zero attached hydrogens (tertiary/aromatic N) is 7. The van der Waals surface area contributed by atoms with Crippen LogP contribution in [0.15, 0.2) is 23.8 Å². The van der Waals surface area contributed by atoms with E-state index in [4.69, 9.17) is 34.7 Å². The van der Waals surface area contributed by atoms with Crippen molar-refractivity contribution in [3.8, 4) is 0 Å². The topological polar surface area (TPSA) is 283 Å². The zero-order chi connectivity index (χ0) is 30.6. The quantitative estimate of drug-likeness (QED) is 0.111. The lowest BCUT2D eigenvalue weighted by atomic mass is 10.1. The van der Waals surface area contributed by atoms with Gasteiger partial charge in [0, 0.05) is 7.11 Å². The number of rotatable bonds is 9. The number of aromatic amines is 1. The maximum absolute atomic E-state index is 15.5. The molecule has 5 unspecified atom stereocenters. The van der Waals surface area contributed by atoms with Crippen LogP contribution in [0.2, 0.25) is 0 Å². The number of hydrogen-bond donors (Lipinski definition) is 6. The molecule has 8 N–H and O–H groups in total. The number of nitrogen functional groups attached to an aromatic ring is 2. The van der Waals surface area contributed by atoms with Gasteiger partial charge in [-0.2, -0.15) is 4.98 Å². The first kappa shape index (κ1) is 29.4. The molecular formula is C21H26FN10O10P. The number of phosphoric ester groups is 1. The summed E-state index contributed by atoms with van der Waals surface area (Å²) in [5.41, 5.74) is 11.0.